The van der Waals surface area contributed by atoms with Crippen molar-refractivity contribution in [2.24, 2.45) is 0 Å². The van der Waals surface area contributed by atoms with E-state index in [-0.39, 0.29) is 9.26 Å². The Bertz CT molecular complexity index is 377. The lowest BCUT2D eigenvalue weighted by atomic mass is 10.2. The van der Waals surface area contributed by atoms with Crippen molar-refractivity contribution in [2.75, 3.05) is 5.73 Å². The molecule has 0 atom stereocenters. The van der Waals surface area contributed by atoms with Crippen LogP contribution in [0.1, 0.15) is 5.56 Å². The molecule has 1 rings (SSSR count). The molecule has 1 nitrogen and oxygen atoms in total. The average Bonchev–Trinajstić information content (AvgIpc) is 2.06. The molecule has 0 radical (unpaired) electrons. The van der Waals surface area contributed by atoms with Gasteiger partial charge in [-0.2, -0.15) is 13.2 Å². The highest BCUT2D eigenvalue weighted by Crippen LogP contribution is 2.39. The summed E-state index contributed by atoms with van der Waals surface area (Å²) in [7, 11) is 0. The fraction of sp³-hybridized carbons (Fsp3) is 0.143. The highest BCUT2D eigenvalue weighted by atomic mass is 127. The number of anilines is 1. The molecule has 1 aromatic carbocycles. The van der Waals surface area contributed by atoms with Crippen LogP contribution in [0.15, 0.2) is 10.5 Å². The summed E-state index contributed by atoms with van der Waals surface area (Å²) in [4.78, 5) is 0. The van der Waals surface area contributed by atoms with E-state index in [2.05, 4.69) is 15.9 Å². The minimum absolute atomic E-state index is 0.0255. The van der Waals surface area contributed by atoms with Crippen LogP contribution >= 0.6 is 38.5 Å². The number of benzene rings is 1. The predicted molar refractivity (Wildman–Crippen MR) is 56.2 cm³/mol. The van der Waals surface area contributed by atoms with Gasteiger partial charge in [0.2, 0.25) is 0 Å². The number of nitrogens with two attached hydrogens (primary N) is 1. The van der Waals surface area contributed by atoms with E-state index in [1.165, 1.54) is 0 Å². The van der Waals surface area contributed by atoms with E-state index in [1.807, 2.05) is 0 Å². The van der Waals surface area contributed by atoms with Crippen LogP contribution in [-0.2, 0) is 6.18 Å². The van der Waals surface area contributed by atoms with Gasteiger partial charge in [-0.15, -0.1) is 0 Å². The van der Waals surface area contributed by atoms with E-state index in [0.717, 1.165) is 0 Å². The maximum atomic E-state index is 13.1. The van der Waals surface area contributed by atoms with Crippen LogP contribution in [0.3, 0.4) is 0 Å². The molecule has 0 heterocycles. The molecule has 0 aliphatic rings. The first-order valence-electron chi connectivity index (χ1n) is 3.25. The Morgan fingerprint density at radius 3 is 2.29 bits per heavy atom. The zero-order valence-electron chi connectivity index (χ0n) is 6.42. The highest BCUT2D eigenvalue weighted by Gasteiger charge is 2.35. The number of alkyl halides is 3. The molecule has 7 heteroatoms. The minimum atomic E-state index is -4.61. The molecule has 0 unspecified atom stereocenters. The number of rotatable bonds is 0. The SMILES string of the molecule is Nc1cc(C(F)(F)F)c(Br)c(F)c1I. The predicted octanol–water partition coefficient (Wildman–Crippen LogP) is 3.79. The summed E-state index contributed by atoms with van der Waals surface area (Å²) < 4.78 is 49.4. The maximum Gasteiger partial charge on any atom is 0.417 e. The quantitative estimate of drug-likeness (QED) is 0.313. The van der Waals surface area contributed by atoms with Crippen molar-refractivity contribution in [1.29, 1.82) is 0 Å². The molecule has 78 valence electrons. The molecule has 0 spiro atoms. The first-order chi connectivity index (χ1) is 6.25. The second kappa shape index (κ2) is 3.84. The molecule has 0 aliphatic carbocycles. The second-order valence-electron chi connectivity index (χ2n) is 2.45. The largest absolute Gasteiger partial charge is 0.417 e. The van der Waals surface area contributed by atoms with Crippen molar-refractivity contribution >= 4 is 44.2 Å². The van der Waals surface area contributed by atoms with Gasteiger partial charge in [-0.25, -0.2) is 4.39 Å². The zero-order valence-corrected chi connectivity index (χ0v) is 10.2. The van der Waals surface area contributed by atoms with Crippen molar-refractivity contribution in [3.63, 3.8) is 0 Å². The topological polar surface area (TPSA) is 26.0 Å². The number of nitrogen functional groups attached to an aromatic ring is 1. The van der Waals surface area contributed by atoms with Gasteiger partial charge in [0, 0.05) is 5.69 Å². The van der Waals surface area contributed by atoms with Crippen LogP contribution in [0, 0.1) is 9.39 Å². The summed E-state index contributed by atoms with van der Waals surface area (Å²) in [6.07, 6.45) is -4.61. The molecule has 0 saturated carbocycles. The first-order valence-corrected chi connectivity index (χ1v) is 5.12. The Balaban J connectivity index is 3.49. The maximum absolute atomic E-state index is 13.1. The third kappa shape index (κ3) is 2.13. The van der Waals surface area contributed by atoms with Crippen molar-refractivity contribution in [3.05, 3.63) is 25.5 Å². The molecule has 0 aromatic heterocycles. The molecular formula is C7H3BrF4IN. The lowest BCUT2D eigenvalue weighted by Gasteiger charge is -2.12. The van der Waals surface area contributed by atoms with Gasteiger partial charge in [0.05, 0.1) is 13.6 Å². The minimum Gasteiger partial charge on any atom is -0.398 e. The molecule has 0 bridgehead atoms. The lowest BCUT2D eigenvalue weighted by molar-refractivity contribution is -0.138. The normalized spacial score (nSPS) is 11.9. The van der Waals surface area contributed by atoms with E-state index in [4.69, 9.17) is 5.73 Å². The summed E-state index contributed by atoms with van der Waals surface area (Å²) in [6.45, 7) is 0. The number of hydrogen-bond donors (Lipinski definition) is 1. The molecule has 0 aliphatic heterocycles. The summed E-state index contributed by atoms with van der Waals surface area (Å²) in [6, 6.07) is 0.703. The summed E-state index contributed by atoms with van der Waals surface area (Å²) >= 11 is 4.09. The Morgan fingerprint density at radius 2 is 1.86 bits per heavy atom. The van der Waals surface area contributed by atoms with E-state index in [9.17, 15) is 17.6 Å². The summed E-state index contributed by atoms with van der Waals surface area (Å²) in [5.41, 5.74) is 3.89. The molecule has 1 aromatic rings. The third-order valence-corrected chi connectivity index (χ3v) is 3.35. The average molecular weight is 384 g/mol. The van der Waals surface area contributed by atoms with Gasteiger partial charge in [-0.3, -0.25) is 0 Å². The molecule has 0 fully saturated rings. The van der Waals surface area contributed by atoms with Gasteiger partial charge in [-0.1, -0.05) is 0 Å². The van der Waals surface area contributed by atoms with Crippen molar-refractivity contribution in [3.8, 4) is 0 Å². The molecule has 0 amide bonds. The van der Waals surface area contributed by atoms with Crippen molar-refractivity contribution in [2.45, 2.75) is 6.18 Å². The summed E-state index contributed by atoms with van der Waals surface area (Å²) in [5.74, 6) is -0.988. The summed E-state index contributed by atoms with van der Waals surface area (Å²) in [5, 5.41) is 0. The number of halogens is 6. The fourth-order valence-electron chi connectivity index (χ4n) is 0.830. The standard InChI is InChI=1S/C7H3BrF4IN/c8-4-2(7(10,11)12)1-3(14)6(13)5(4)9/h1H,14H2. The Morgan fingerprint density at radius 1 is 1.36 bits per heavy atom. The van der Waals surface area contributed by atoms with Crippen LogP contribution in [0.2, 0.25) is 0 Å². The Hall–Kier alpha value is -0.0500. The fourth-order valence-corrected chi connectivity index (χ4v) is 2.16. The van der Waals surface area contributed by atoms with E-state index in [1.54, 1.807) is 22.6 Å². The van der Waals surface area contributed by atoms with Gasteiger partial charge in [0.15, 0.2) is 5.82 Å². The van der Waals surface area contributed by atoms with Gasteiger partial charge < -0.3 is 5.73 Å². The van der Waals surface area contributed by atoms with Crippen LogP contribution in [0.5, 0.6) is 0 Å². The zero-order chi connectivity index (χ0) is 11.1. The third-order valence-electron chi connectivity index (χ3n) is 1.48. The van der Waals surface area contributed by atoms with Gasteiger partial charge in [-0.05, 0) is 44.6 Å². The molecule has 14 heavy (non-hydrogen) atoms. The monoisotopic (exact) mass is 383 g/mol. The van der Waals surface area contributed by atoms with Crippen molar-refractivity contribution < 1.29 is 17.6 Å². The van der Waals surface area contributed by atoms with E-state index < -0.39 is 22.0 Å². The highest BCUT2D eigenvalue weighted by molar-refractivity contribution is 14.1. The number of hydrogen-bond acceptors (Lipinski definition) is 1. The lowest BCUT2D eigenvalue weighted by Crippen LogP contribution is -2.09. The van der Waals surface area contributed by atoms with Crippen LogP contribution in [-0.4, -0.2) is 0 Å². The Labute approximate surface area is 98.9 Å². The van der Waals surface area contributed by atoms with Crippen molar-refractivity contribution in [1.82, 2.24) is 0 Å². The van der Waals surface area contributed by atoms with Crippen LogP contribution in [0.4, 0.5) is 23.2 Å². The van der Waals surface area contributed by atoms with E-state index >= 15 is 0 Å². The molecular weight excluding hydrogens is 381 g/mol. The second-order valence-corrected chi connectivity index (χ2v) is 4.32. The van der Waals surface area contributed by atoms with Crippen LogP contribution in [0.25, 0.3) is 0 Å². The Kier molecular flexibility index (Phi) is 3.30. The molecule has 0 saturated heterocycles. The van der Waals surface area contributed by atoms with Gasteiger partial charge in [0.1, 0.15) is 0 Å². The van der Waals surface area contributed by atoms with Crippen LogP contribution < -0.4 is 5.73 Å². The van der Waals surface area contributed by atoms with Gasteiger partial charge in [0.25, 0.3) is 0 Å². The smallest absolute Gasteiger partial charge is 0.398 e. The van der Waals surface area contributed by atoms with E-state index in [0.29, 0.717) is 6.07 Å². The van der Waals surface area contributed by atoms with Gasteiger partial charge >= 0.3 is 6.18 Å². The first kappa shape index (κ1) is 12.0. The molecule has 2 N–H and O–H groups in total.